The summed E-state index contributed by atoms with van der Waals surface area (Å²) in [6.45, 7) is 14.6. The lowest BCUT2D eigenvalue weighted by Gasteiger charge is -2.33. The maximum Gasteiger partial charge on any atom is 0.257 e. The van der Waals surface area contributed by atoms with Crippen molar-refractivity contribution >= 4 is 41.1 Å². The SMILES string of the molecule is CCc1ccc(C(C=O)Cc2ccc(NC(=O)c3c(C)cccc3Cl)cc2)cc1N(CC(C)C)C(=O)C(C)(C)C. The van der Waals surface area contributed by atoms with Gasteiger partial charge in [0.2, 0.25) is 5.91 Å². The van der Waals surface area contributed by atoms with Crippen molar-refractivity contribution in [2.45, 2.75) is 67.2 Å². The maximum atomic E-state index is 13.5. The fourth-order valence-electron chi connectivity index (χ4n) is 4.76. The highest BCUT2D eigenvalue weighted by molar-refractivity contribution is 6.34. The van der Waals surface area contributed by atoms with Crippen LogP contribution in [0.4, 0.5) is 11.4 Å². The molecule has 0 spiro atoms. The first-order valence-electron chi connectivity index (χ1n) is 13.9. The van der Waals surface area contributed by atoms with E-state index in [1.807, 2.05) is 87.2 Å². The van der Waals surface area contributed by atoms with Crippen molar-refractivity contribution < 1.29 is 14.4 Å². The van der Waals surface area contributed by atoms with Gasteiger partial charge < -0.3 is 15.0 Å². The molecular formula is C34H41ClN2O3. The van der Waals surface area contributed by atoms with E-state index in [4.69, 9.17) is 11.6 Å². The van der Waals surface area contributed by atoms with E-state index in [-0.39, 0.29) is 17.7 Å². The molecule has 212 valence electrons. The van der Waals surface area contributed by atoms with Crippen LogP contribution in [0.1, 0.15) is 80.1 Å². The zero-order valence-electron chi connectivity index (χ0n) is 24.7. The molecule has 0 radical (unpaired) electrons. The molecule has 3 aromatic rings. The van der Waals surface area contributed by atoms with Crippen LogP contribution in [0.25, 0.3) is 0 Å². The Bertz CT molecular complexity index is 1340. The number of hydrogen-bond donors (Lipinski definition) is 1. The van der Waals surface area contributed by atoms with E-state index in [1.54, 1.807) is 6.07 Å². The summed E-state index contributed by atoms with van der Waals surface area (Å²) in [5.74, 6) is -0.273. The lowest BCUT2D eigenvalue weighted by Crippen LogP contribution is -2.42. The molecule has 1 atom stereocenters. The highest BCUT2D eigenvalue weighted by atomic mass is 35.5. The molecule has 1 N–H and O–H groups in total. The largest absolute Gasteiger partial charge is 0.322 e. The molecule has 0 bridgehead atoms. The Morgan fingerprint density at radius 1 is 1.02 bits per heavy atom. The monoisotopic (exact) mass is 560 g/mol. The second-order valence-electron chi connectivity index (χ2n) is 11.8. The third-order valence-corrected chi connectivity index (χ3v) is 7.24. The Labute approximate surface area is 243 Å². The van der Waals surface area contributed by atoms with Gasteiger partial charge in [0.25, 0.3) is 5.91 Å². The lowest BCUT2D eigenvalue weighted by atomic mass is 9.90. The van der Waals surface area contributed by atoms with Crippen LogP contribution in [-0.2, 0) is 22.4 Å². The fraction of sp³-hybridized carbons (Fsp3) is 0.382. The minimum Gasteiger partial charge on any atom is -0.322 e. The van der Waals surface area contributed by atoms with Crippen molar-refractivity contribution in [3.63, 3.8) is 0 Å². The van der Waals surface area contributed by atoms with E-state index in [2.05, 4.69) is 26.1 Å². The molecular weight excluding hydrogens is 520 g/mol. The molecule has 3 aromatic carbocycles. The number of hydrogen-bond acceptors (Lipinski definition) is 3. The molecule has 0 aromatic heterocycles. The lowest BCUT2D eigenvalue weighted by molar-refractivity contribution is -0.125. The number of nitrogens with one attached hydrogen (secondary N) is 1. The standard InChI is InChI=1S/C34H41ClN2O3/c1-8-25-14-15-26(19-30(25)37(20-22(2)3)33(40)34(5,6)7)27(21-38)18-24-12-16-28(17-13-24)36-32(39)31-23(4)10-9-11-29(31)35/h9-17,19,21-22,27H,8,18,20H2,1-7H3,(H,36,39). The molecule has 0 saturated carbocycles. The number of carbonyl (C=O) groups excluding carboxylic acids is 3. The first-order chi connectivity index (χ1) is 18.8. The third kappa shape index (κ3) is 7.60. The van der Waals surface area contributed by atoms with Crippen molar-refractivity contribution in [2.24, 2.45) is 11.3 Å². The molecule has 0 aliphatic carbocycles. The minimum atomic E-state index is -0.526. The molecule has 0 aliphatic heterocycles. The van der Waals surface area contributed by atoms with Crippen LogP contribution in [-0.4, -0.2) is 24.6 Å². The fourth-order valence-corrected chi connectivity index (χ4v) is 5.07. The third-order valence-electron chi connectivity index (χ3n) is 6.92. The van der Waals surface area contributed by atoms with Crippen molar-refractivity contribution in [1.82, 2.24) is 0 Å². The summed E-state index contributed by atoms with van der Waals surface area (Å²) in [5, 5.41) is 3.32. The summed E-state index contributed by atoms with van der Waals surface area (Å²) in [6.07, 6.45) is 2.26. The van der Waals surface area contributed by atoms with Crippen molar-refractivity contribution in [1.29, 1.82) is 0 Å². The molecule has 3 rings (SSSR count). The number of amides is 2. The van der Waals surface area contributed by atoms with Crippen LogP contribution < -0.4 is 10.2 Å². The predicted octanol–water partition coefficient (Wildman–Crippen LogP) is 8.02. The molecule has 0 fully saturated rings. The van der Waals surface area contributed by atoms with Gasteiger partial charge in [0.15, 0.2) is 0 Å². The van der Waals surface area contributed by atoms with E-state index >= 15 is 0 Å². The Hall–Kier alpha value is -3.44. The van der Waals surface area contributed by atoms with Gasteiger partial charge in [0.05, 0.1) is 10.6 Å². The van der Waals surface area contributed by atoms with Crippen molar-refractivity contribution in [2.75, 3.05) is 16.8 Å². The Morgan fingerprint density at radius 3 is 2.25 bits per heavy atom. The first-order valence-corrected chi connectivity index (χ1v) is 14.3. The number of benzene rings is 3. The number of rotatable bonds is 10. The van der Waals surface area contributed by atoms with Gasteiger partial charge in [-0.15, -0.1) is 0 Å². The normalized spacial score (nSPS) is 12.2. The van der Waals surface area contributed by atoms with Crippen LogP contribution in [0.2, 0.25) is 5.02 Å². The zero-order valence-corrected chi connectivity index (χ0v) is 25.4. The van der Waals surface area contributed by atoms with Crippen LogP contribution >= 0.6 is 11.6 Å². The molecule has 0 saturated heterocycles. The topological polar surface area (TPSA) is 66.5 Å². The average molecular weight is 561 g/mol. The van der Waals surface area contributed by atoms with Crippen LogP contribution in [0.15, 0.2) is 60.7 Å². The number of carbonyl (C=O) groups is 3. The highest BCUT2D eigenvalue weighted by Crippen LogP contribution is 2.32. The number of aldehydes is 1. The minimum absolute atomic E-state index is 0.0697. The molecule has 0 aliphatic rings. The predicted molar refractivity (Wildman–Crippen MR) is 166 cm³/mol. The molecule has 40 heavy (non-hydrogen) atoms. The maximum absolute atomic E-state index is 13.5. The quantitative estimate of drug-likeness (QED) is 0.255. The van der Waals surface area contributed by atoms with Gasteiger partial charge in [0.1, 0.15) is 6.29 Å². The van der Waals surface area contributed by atoms with Crippen LogP contribution in [0, 0.1) is 18.3 Å². The van der Waals surface area contributed by atoms with E-state index < -0.39 is 5.41 Å². The Kier molecular flexibility index (Phi) is 10.3. The number of aryl methyl sites for hydroxylation is 2. The summed E-state index contributed by atoms with van der Waals surface area (Å²) in [6, 6.07) is 18.9. The molecule has 0 heterocycles. The zero-order chi connectivity index (χ0) is 29.6. The van der Waals surface area contributed by atoms with Gasteiger partial charge >= 0.3 is 0 Å². The highest BCUT2D eigenvalue weighted by Gasteiger charge is 2.30. The molecule has 1 unspecified atom stereocenters. The van der Waals surface area contributed by atoms with E-state index in [0.717, 1.165) is 40.6 Å². The van der Waals surface area contributed by atoms with Gasteiger partial charge in [-0.25, -0.2) is 0 Å². The Balaban J connectivity index is 1.84. The smallest absolute Gasteiger partial charge is 0.257 e. The van der Waals surface area contributed by atoms with Crippen LogP contribution in [0.3, 0.4) is 0 Å². The van der Waals surface area contributed by atoms with Crippen molar-refractivity contribution in [3.8, 4) is 0 Å². The average Bonchev–Trinajstić information content (AvgIpc) is 2.90. The van der Waals surface area contributed by atoms with Crippen molar-refractivity contribution in [3.05, 3.63) is 93.5 Å². The van der Waals surface area contributed by atoms with E-state index in [9.17, 15) is 14.4 Å². The van der Waals surface area contributed by atoms with E-state index in [0.29, 0.717) is 35.2 Å². The van der Waals surface area contributed by atoms with Gasteiger partial charge in [-0.05, 0) is 72.2 Å². The number of halogens is 1. The summed E-state index contributed by atoms with van der Waals surface area (Å²) in [4.78, 5) is 40.5. The first kappa shape index (κ1) is 31.1. The van der Waals surface area contributed by atoms with Gasteiger partial charge in [-0.2, -0.15) is 0 Å². The summed E-state index contributed by atoms with van der Waals surface area (Å²) in [5.41, 5.74) is 5.20. The van der Waals surface area contributed by atoms with Gasteiger partial charge in [-0.1, -0.05) is 89.5 Å². The second kappa shape index (κ2) is 13.3. The van der Waals surface area contributed by atoms with E-state index in [1.165, 1.54) is 0 Å². The molecule has 5 nitrogen and oxygen atoms in total. The van der Waals surface area contributed by atoms with Crippen LogP contribution in [0.5, 0.6) is 0 Å². The molecule has 2 amide bonds. The summed E-state index contributed by atoms with van der Waals surface area (Å²) in [7, 11) is 0. The summed E-state index contributed by atoms with van der Waals surface area (Å²) < 4.78 is 0. The summed E-state index contributed by atoms with van der Waals surface area (Å²) >= 11 is 6.25. The number of anilines is 2. The van der Waals surface area contributed by atoms with Gasteiger partial charge in [-0.3, -0.25) is 9.59 Å². The van der Waals surface area contributed by atoms with Gasteiger partial charge in [0, 0.05) is 29.3 Å². The molecule has 6 heteroatoms. The second-order valence-corrected chi connectivity index (χ2v) is 12.2. The Morgan fingerprint density at radius 2 is 1.70 bits per heavy atom. The number of nitrogens with zero attached hydrogens (tertiary/aromatic N) is 1.